The molecule has 1 atom stereocenters. The molecule has 0 aromatic carbocycles. The lowest BCUT2D eigenvalue weighted by molar-refractivity contribution is 0.656. The molecule has 0 fully saturated rings. The van der Waals surface area contributed by atoms with E-state index in [1.807, 2.05) is 12.2 Å². The Balaban J connectivity index is 3.57. The maximum absolute atomic E-state index is 3.77. The molecule has 0 heterocycles. The van der Waals surface area contributed by atoms with Crippen molar-refractivity contribution in [3.8, 4) is 0 Å². The third-order valence-corrected chi connectivity index (χ3v) is 2.26. The molecule has 0 heteroatoms. The molecule has 0 bridgehead atoms. The minimum Gasteiger partial charge on any atom is -0.103 e. The van der Waals surface area contributed by atoms with Crippen LogP contribution >= 0.6 is 0 Å². The van der Waals surface area contributed by atoms with Gasteiger partial charge in [0, 0.05) is 0 Å². The highest BCUT2D eigenvalue weighted by molar-refractivity contribution is 4.99. The molecule has 0 spiro atoms. The van der Waals surface area contributed by atoms with Gasteiger partial charge in [-0.15, -0.1) is 13.2 Å². The topological polar surface area (TPSA) is 0 Å². The van der Waals surface area contributed by atoms with Gasteiger partial charge in [-0.05, 0) is 38.5 Å². The lowest BCUT2D eigenvalue weighted by Gasteiger charge is -2.03. The number of hydrogen-bond acceptors (Lipinski definition) is 0. The van der Waals surface area contributed by atoms with E-state index in [-0.39, 0.29) is 0 Å². The van der Waals surface area contributed by atoms with Crippen LogP contribution in [-0.4, -0.2) is 0 Å². The SMILES string of the molecule is C=CCCC(C)=CCCC(C)C=C. The molecule has 0 radical (unpaired) electrons. The van der Waals surface area contributed by atoms with Crippen molar-refractivity contribution in [1.82, 2.24) is 0 Å². The zero-order chi connectivity index (χ0) is 10.1. The highest BCUT2D eigenvalue weighted by Gasteiger charge is 1.93. The second kappa shape index (κ2) is 7.85. The summed E-state index contributed by atoms with van der Waals surface area (Å²) in [5.41, 5.74) is 1.48. The zero-order valence-electron chi connectivity index (χ0n) is 9.05. The zero-order valence-corrected chi connectivity index (χ0v) is 9.05. The standard InChI is InChI=1S/C13H22/c1-5-7-9-13(4)11-8-10-12(3)6-2/h5-6,11-12H,1-2,7-10H2,3-4H3. The molecule has 0 saturated carbocycles. The van der Waals surface area contributed by atoms with Gasteiger partial charge in [-0.2, -0.15) is 0 Å². The summed E-state index contributed by atoms with van der Waals surface area (Å²) in [6, 6.07) is 0. The summed E-state index contributed by atoms with van der Waals surface area (Å²) in [6.07, 6.45) is 11.0. The van der Waals surface area contributed by atoms with Crippen molar-refractivity contribution in [3.63, 3.8) is 0 Å². The Morgan fingerprint density at radius 3 is 2.54 bits per heavy atom. The second-order valence-corrected chi connectivity index (χ2v) is 3.67. The first-order chi connectivity index (χ1) is 6.20. The van der Waals surface area contributed by atoms with Gasteiger partial charge in [0.05, 0.1) is 0 Å². The summed E-state index contributed by atoms with van der Waals surface area (Å²) in [6.45, 7) is 11.9. The maximum Gasteiger partial charge on any atom is -0.0262 e. The Hall–Kier alpha value is -0.780. The Morgan fingerprint density at radius 2 is 2.00 bits per heavy atom. The first kappa shape index (κ1) is 12.2. The van der Waals surface area contributed by atoms with E-state index in [2.05, 4.69) is 33.1 Å². The Labute approximate surface area is 83.0 Å². The summed E-state index contributed by atoms with van der Waals surface area (Å²) in [5.74, 6) is 0.642. The highest BCUT2D eigenvalue weighted by atomic mass is 14.0. The molecule has 1 unspecified atom stereocenters. The van der Waals surface area contributed by atoms with E-state index in [1.54, 1.807) is 0 Å². The minimum atomic E-state index is 0.642. The first-order valence-corrected chi connectivity index (χ1v) is 5.09. The monoisotopic (exact) mass is 178 g/mol. The summed E-state index contributed by atoms with van der Waals surface area (Å²) < 4.78 is 0. The third kappa shape index (κ3) is 7.58. The van der Waals surface area contributed by atoms with Crippen molar-refractivity contribution in [2.24, 2.45) is 5.92 Å². The fourth-order valence-corrected chi connectivity index (χ4v) is 1.14. The van der Waals surface area contributed by atoms with Gasteiger partial charge in [-0.3, -0.25) is 0 Å². The van der Waals surface area contributed by atoms with Crippen LogP contribution in [0, 0.1) is 5.92 Å². The highest BCUT2D eigenvalue weighted by Crippen LogP contribution is 2.10. The average Bonchev–Trinajstić information content (AvgIpc) is 2.14. The van der Waals surface area contributed by atoms with E-state index in [1.165, 1.54) is 18.4 Å². The minimum absolute atomic E-state index is 0.642. The summed E-state index contributed by atoms with van der Waals surface area (Å²) >= 11 is 0. The van der Waals surface area contributed by atoms with Crippen LogP contribution in [0.5, 0.6) is 0 Å². The second-order valence-electron chi connectivity index (χ2n) is 3.67. The number of rotatable bonds is 7. The van der Waals surface area contributed by atoms with Gasteiger partial charge in [-0.25, -0.2) is 0 Å². The molecule has 0 aromatic heterocycles. The van der Waals surface area contributed by atoms with Crippen molar-refractivity contribution >= 4 is 0 Å². The van der Waals surface area contributed by atoms with E-state index in [9.17, 15) is 0 Å². The van der Waals surface area contributed by atoms with Crippen molar-refractivity contribution in [3.05, 3.63) is 37.0 Å². The molecule has 0 aliphatic carbocycles. The van der Waals surface area contributed by atoms with Gasteiger partial charge in [-0.1, -0.05) is 30.7 Å². The number of hydrogen-bond donors (Lipinski definition) is 0. The predicted octanol–water partition coefficient (Wildman–Crippen LogP) is 4.50. The van der Waals surface area contributed by atoms with Crippen LogP contribution in [0.25, 0.3) is 0 Å². The summed E-state index contributed by atoms with van der Waals surface area (Å²) in [5, 5.41) is 0. The van der Waals surface area contributed by atoms with E-state index in [0.717, 1.165) is 12.8 Å². The molecule has 0 N–H and O–H groups in total. The fourth-order valence-electron chi connectivity index (χ4n) is 1.14. The third-order valence-electron chi connectivity index (χ3n) is 2.26. The Bertz CT molecular complexity index is 174. The number of allylic oxidation sites excluding steroid dienone is 4. The van der Waals surface area contributed by atoms with Crippen LogP contribution in [0.1, 0.15) is 39.5 Å². The molecular formula is C13H22. The normalized spacial score (nSPS) is 13.8. The van der Waals surface area contributed by atoms with Gasteiger partial charge in [0.15, 0.2) is 0 Å². The van der Waals surface area contributed by atoms with Gasteiger partial charge >= 0.3 is 0 Å². The van der Waals surface area contributed by atoms with Crippen LogP contribution in [0.4, 0.5) is 0 Å². The smallest absolute Gasteiger partial charge is 0.0262 e. The molecule has 0 aromatic rings. The molecular weight excluding hydrogens is 156 g/mol. The van der Waals surface area contributed by atoms with Gasteiger partial charge in [0.1, 0.15) is 0 Å². The van der Waals surface area contributed by atoms with Gasteiger partial charge in [0.25, 0.3) is 0 Å². The predicted molar refractivity (Wildman–Crippen MR) is 61.8 cm³/mol. The molecule has 13 heavy (non-hydrogen) atoms. The van der Waals surface area contributed by atoms with Crippen molar-refractivity contribution in [2.75, 3.05) is 0 Å². The van der Waals surface area contributed by atoms with Gasteiger partial charge in [0.2, 0.25) is 0 Å². The van der Waals surface area contributed by atoms with Crippen molar-refractivity contribution in [1.29, 1.82) is 0 Å². The first-order valence-electron chi connectivity index (χ1n) is 5.09. The van der Waals surface area contributed by atoms with E-state index < -0.39 is 0 Å². The van der Waals surface area contributed by atoms with Crippen LogP contribution in [-0.2, 0) is 0 Å². The van der Waals surface area contributed by atoms with E-state index >= 15 is 0 Å². The fraction of sp³-hybridized carbons (Fsp3) is 0.538. The Morgan fingerprint density at radius 1 is 1.31 bits per heavy atom. The van der Waals surface area contributed by atoms with Crippen LogP contribution < -0.4 is 0 Å². The van der Waals surface area contributed by atoms with Crippen molar-refractivity contribution < 1.29 is 0 Å². The summed E-state index contributed by atoms with van der Waals surface area (Å²) in [4.78, 5) is 0. The van der Waals surface area contributed by atoms with E-state index in [4.69, 9.17) is 0 Å². The lowest BCUT2D eigenvalue weighted by atomic mass is 10.0. The molecule has 0 aliphatic heterocycles. The molecule has 0 nitrogen and oxygen atoms in total. The molecule has 74 valence electrons. The average molecular weight is 178 g/mol. The van der Waals surface area contributed by atoms with Crippen molar-refractivity contribution in [2.45, 2.75) is 39.5 Å². The molecule has 0 amide bonds. The maximum atomic E-state index is 3.77. The largest absolute Gasteiger partial charge is 0.103 e. The molecule has 0 aliphatic rings. The lowest BCUT2D eigenvalue weighted by Crippen LogP contribution is -1.87. The Kier molecular flexibility index (Phi) is 7.38. The quantitative estimate of drug-likeness (QED) is 0.503. The molecule has 0 saturated heterocycles. The van der Waals surface area contributed by atoms with Crippen LogP contribution in [0.2, 0.25) is 0 Å². The summed E-state index contributed by atoms with van der Waals surface area (Å²) in [7, 11) is 0. The van der Waals surface area contributed by atoms with Gasteiger partial charge < -0.3 is 0 Å². The molecule has 0 rings (SSSR count). The van der Waals surface area contributed by atoms with Crippen LogP contribution in [0.15, 0.2) is 37.0 Å². The van der Waals surface area contributed by atoms with E-state index in [0.29, 0.717) is 5.92 Å². The van der Waals surface area contributed by atoms with Crippen LogP contribution in [0.3, 0.4) is 0 Å².